The number of Topliss-reactive ketones (excluding diaryl/α,β-unsaturated/α-hetero) is 1. The fourth-order valence-corrected chi connectivity index (χ4v) is 1.72. The van der Waals surface area contributed by atoms with Crippen molar-refractivity contribution in [1.82, 2.24) is 0 Å². The Hall–Kier alpha value is -1.25. The fourth-order valence-electron chi connectivity index (χ4n) is 1.72. The van der Waals surface area contributed by atoms with Gasteiger partial charge < -0.3 is 0 Å². The van der Waals surface area contributed by atoms with Crippen LogP contribution >= 0.6 is 0 Å². The van der Waals surface area contributed by atoms with Gasteiger partial charge in [0.15, 0.2) is 5.78 Å². The van der Waals surface area contributed by atoms with Crippen LogP contribution in [0.25, 0.3) is 0 Å². The average Bonchev–Trinajstić information content (AvgIpc) is 2.29. The van der Waals surface area contributed by atoms with Crippen molar-refractivity contribution in [3.8, 4) is 0 Å². The second-order valence-corrected chi connectivity index (χ2v) is 4.32. The molecule has 3 heteroatoms. The van der Waals surface area contributed by atoms with E-state index >= 15 is 0 Å². The van der Waals surface area contributed by atoms with Crippen molar-refractivity contribution in [1.29, 1.82) is 0 Å². The number of halogens is 2. The Labute approximate surface area is 101 Å². The number of aryl methyl sites for hydroxylation is 1. The van der Waals surface area contributed by atoms with E-state index in [2.05, 4.69) is 6.92 Å². The van der Waals surface area contributed by atoms with Gasteiger partial charge in [-0.3, -0.25) is 4.79 Å². The van der Waals surface area contributed by atoms with Crippen LogP contribution in [0.1, 0.15) is 54.9 Å². The van der Waals surface area contributed by atoms with Crippen molar-refractivity contribution >= 4 is 5.78 Å². The first-order valence-electron chi connectivity index (χ1n) is 6.05. The van der Waals surface area contributed by atoms with Gasteiger partial charge in [0.2, 0.25) is 0 Å². The third kappa shape index (κ3) is 3.91. The van der Waals surface area contributed by atoms with E-state index in [0.717, 1.165) is 31.7 Å². The number of unbranched alkanes of at least 4 members (excludes halogenated alkanes) is 3. The van der Waals surface area contributed by atoms with Crippen LogP contribution in [0.2, 0.25) is 0 Å². The highest BCUT2D eigenvalue weighted by molar-refractivity contribution is 5.96. The third-order valence-corrected chi connectivity index (χ3v) is 2.81. The molecular formula is C14H18F2O. The number of ketones is 1. The number of rotatable bonds is 6. The van der Waals surface area contributed by atoms with Gasteiger partial charge in [-0.05, 0) is 25.0 Å². The summed E-state index contributed by atoms with van der Waals surface area (Å²) >= 11 is 0. The lowest BCUT2D eigenvalue weighted by atomic mass is 10.0. The molecule has 1 aromatic rings. The molecule has 0 saturated heterocycles. The zero-order valence-corrected chi connectivity index (χ0v) is 10.4. The van der Waals surface area contributed by atoms with Crippen molar-refractivity contribution in [2.75, 3.05) is 0 Å². The van der Waals surface area contributed by atoms with Gasteiger partial charge in [0.05, 0.1) is 5.56 Å². The molecule has 0 aliphatic heterocycles. The molecule has 0 aliphatic rings. The van der Waals surface area contributed by atoms with E-state index in [9.17, 15) is 13.6 Å². The molecule has 0 bridgehead atoms. The second kappa shape index (κ2) is 6.48. The van der Waals surface area contributed by atoms with Gasteiger partial charge in [0.25, 0.3) is 0 Å². The van der Waals surface area contributed by atoms with Gasteiger partial charge in [0.1, 0.15) is 11.6 Å². The highest BCUT2D eigenvalue weighted by Crippen LogP contribution is 2.17. The summed E-state index contributed by atoms with van der Waals surface area (Å²) in [5, 5.41) is 0. The first-order chi connectivity index (χ1) is 8.06. The Morgan fingerprint density at radius 2 is 1.82 bits per heavy atom. The molecule has 94 valence electrons. The Morgan fingerprint density at radius 3 is 2.47 bits per heavy atom. The lowest BCUT2D eigenvalue weighted by Crippen LogP contribution is -2.04. The molecule has 0 saturated carbocycles. The fraction of sp³-hybridized carbons (Fsp3) is 0.500. The number of carbonyl (C=O) groups excluding carboxylic acids is 1. The molecule has 0 aromatic heterocycles. The summed E-state index contributed by atoms with van der Waals surface area (Å²) in [4.78, 5) is 11.7. The molecule has 0 N–H and O–H groups in total. The highest BCUT2D eigenvalue weighted by Gasteiger charge is 2.13. The molecule has 0 spiro atoms. The van der Waals surface area contributed by atoms with Crippen LogP contribution in [-0.4, -0.2) is 5.78 Å². The van der Waals surface area contributed by atoms with Crippen LogP contribution in [0.3, 0.4) is 0 Å². The summed E-state index contributed by atoms with van der Waals surface area (Å²) in [5.74, 6) is -1.60. The SMILES string of the molecule is CCCCCCC(=O)c1cc(C)c(F)cc1F. The second-order valence-electron chi connectivity index (χ2n) is 4.32. The molecule has 1 rings (SSSR count). The first-order valence-corrected chi connectivity index (χ1v) is 6.05. The number of hydrogen-bond donors (Lipinski definition) is 0. The predicted molar refractivity (Wildman–Crippen MR) is 64.2 cm³/mol. The average molecular weight is 240 g/mol. The topological polar surface area (TPSA) is 17.1 Å². The maximum absolute atomic E-state index is 13.4. The van der Waals surface area contributed by atoms with Crippen molar-refractivity contribution in [2.24, 2.45) is 0 Å². The van der Waals surface area contributed by atoms with E-state index in [-0.39, 0.29) is 11.3 Å². The third-order valence-electron chi connectivity index (χ3n) is 2.81. The van der Waals surface area contributed by atoms with Crippen LogP contribution < -0.4 is 0 Å². The maximum atomic E-state index is 13.4. The van der Waals surface area contributed by atoms with Crippen LogP contribution in [0, 0.1) is 18.6 Å². The number of benzene rings is 1. The summed E-state index contributed by atoms with van der Waals surface area (Å²) in [7, 11) is 0. The van der Waals surface area contributed by atoms with Crippen molar-refractivity contribution in [3.05, 3.63) is 34.9 Å². The predicted octanol–water partition coefficient (Wildman–Crippen LogP) is 4.43. The van der Waals surface area contributed by atoms with E-state index in [1.807, 2.05) is 0 Å². The summed E-state index contributed by atoms with van der Waals surface area (Å²) in [5.41, 5.74) is 0.323. The summed E-state index contributed by atoms with van der Waals surface area (Å²) in [6, 6.07) is 2.08. The lowest BCUT2D eigenvalue weighted by molar-refractivity contribution is 0.0975. The molecule has 17 heavy (non-hydrogen) atoms. The molecular weight excluding hydrogens is 222 g/mol. The minimum atomic E-state index is -0.756. The van der Waals surface area contributed by atoms with Gasteiger partial charge in [0, 0.05) is 12.5 Å². The van der Waals surface area contributed by atoms with Crippen LogP contribution in [0.5, 0.6) is 0 Å². The Balaban J connectivity index is 2.66. The van der Waals surface area contributed by atoms with Gasteiger partial charge in [-0.1, -0.05) is 26.2 Å². The molecule has 1 aromatic carbocycles. The highest BCUT2D eigenvalue weighted by atomic mass is 19.1. The van der Waals surface area contributed by atoms with Gasteiger partial charge in [-0.2, -0.15) is 0 Å². The summed E-state index contributed by atoms with van der Waals surface area (Å²) in [6.07, 6.45) is 4.25. The van der Waals surface area contributed by atoms with E-state index in [1.54, 1.807) is 0 Å². The Kier molecular flexibility index (Phi) is 5.26. The van der Waals surface area contributed by atoms with Gasteiger partial charge in [-0.15, -0.1) is 0 Å². The monoisotopic (exact) mass is 240 g/mol. The van der Waals surface area contributed by atoms with Gasteiger partial charge in [-0.25, -0.2) is 8.78 Å². The Morgan fingerprint density at radius 1 is 1.12 bits per heavy atom. The molecule has 0 amide bonds. The smallest absolute Gasteiger partial charge is 0.165 e. The zero-order valence-electron chi connectivity index (χ0n) is 10.4. The maximum Gasteiger partial charge on any atom is 0.165 e. The Bertz CT molecular complexity index is 399. The van der Waals surface area contributed by atoms with Crippen LogP contribution in [-0.2, 0) is 0 Å². The van der Waals surface area contributed by atoms with Crippen molar-refractivity contribution in [3.63, 3.8) is 0 Å². The number of hydrogen-bond acceptors (Lipinski definition) is 1. The van der Waals surface area contributed by atoms with E-state index in [4.69, 9.17) is 0 Å². The molecule has 0 radical (unpaired) electrons. The van der Waals surface area contributed by atoms with Gasteiger partial charge >= 0.3 is 0 Å². The first kappa shape index (κ1) is 13.8. The van der Waals surface area contributed by atoms with Crippen molar-refractivity contribution < 1.29 is 13.6 Å². The minimum absolute atomic E-state index is 0.0143. The zero-order chi connectivity index (χ0) is 12.8. The molecule has 0 heterocycles. The molecule has 0 aliphatic carbocycles. The molecule has 0 fully saturated rings. The van der Waals surface area contributed by atoms with Crippen molar-refractivity contribution in [2.45, 2.75) is 46.0 Å². The van der Waals surface area contributed by atoms with E-state index < -0.39 is 11.6 Å². The standard InChI is InChI=1S/C14H18F2O/c1-3-4-5-6-7-14(17)11-8-10(2)12(15)9-13(11)16/h8-9H,3-7H2,1-2H3. The minimum Gasteiger partial charge on any atom is -0.294 e. The number of carbonyl (C=O) groups is 1. The molecule has 0 unspecified atom stereocenters. The largest absolute Gasteiger partial charge is 0.294 e. The lowest BCUT2D eigenvalue weighted by Gasteiger charge is -2.05. The molecule has 0 atom stereocenters. The summed E-state index contributed by atoms with van der Waals surface area (Å²) in [6.45, 7) is 3.62. The van der Waals surface area contributed by atoms with E-state index in [1.165, 1.54) is 13.0 Å². The summed E-state index contributed by atoms with van der Waals surface area (Å²) < 4.78 is 26.4. The quantitative estimate of drug-likeness (QED) is 0.531. The molecule has 1 nitrogen and oxygen atoms in total. The normalized spacial score (nSPS) is 10.6. The van der Waals surface area contributed by atoms with Crippen LogP contribution in [0.15, 0.2) is 12.1 Å². The van der Waals surface area contributed by atoms with Crippen LogP contribution in [0.4, 0.5) is 8.78 Å². The van der Waals surface area contributed by atoms with E-state index in [0.29, 0.717) is 12.0 Å².